The Balaban J connectivity index is 2.98. The third kappa shape index (κ3) is 4.11. The highest BCUT2D eigenvalue weighted by atomic mass is 35.5. The molecule has 0 saturated heterocycles. The van der Waals surface area contributed by atoms with E-state index in [-0.39, 0.29) is 11.1 Å². The van der Waals surface area contributed by atoms with Crippen LogP contribution in [0.5, 0.6) is 0 Å². The summed E-state index contributed by atoms with van der Waals surface area (Å²) in [6.45, 7) is 5.90. The maximum absolute atomic E-state index is 12.6. The Labute approximate surface area is 104 Å². The van der Waals surface area contributed by atoms with Crippen molar-refractivity contribution in [3.05, 3.63) is 28.8 Å². The van der Waals surface area contributed by atoms with E-state index in [9.17, 15) is 13.2 Å². The van der Waals surface area contributed by atoms with Gasteiger partial charge in [0.1, 0.15) is 0 Å². The number of benzene rings is 1. The number of anilines is 1. The minimum absolute atomic E-state index is 0.0783. The van der Waals surface area contributed by atoms with Crippen molar-refractivity contribution in [2.24, 2.45) is 5.92 Å². The van der Waals surface area contributed by atoms with Gasteiger partial charge in [0, 0.05) is 16.8 Å². The second-order valence-electron chi connectivity index (χ2n) is 4.40. The summed E-state index contributed by atoms with van der Waals surface area (Å²) in [6.07, 6.45) is -4.37. The standard InChI is InChI=1S/C12H15ClF3N/c1-7(2)8(3)17-11-5-9(12(14,15)16)4-10(13)6-11/h4-8,17H,1-3H3. The lowest BCUT2D eigenvalue weighted by Gasteiger charge is -2.20. The average molecular weight is 266 g/mol. The lowest BCUT2D eigenvalue weighted by atomic mass is 10.1. The van der Waals surface area contributed by atoms with Crippen molar-refractivity contribution in [3.8, 4) is 0 Å². The molecule has 0 saturated carbocycles. The van der Waals surface area contributed by atoms with Crippen LogP contribution in [0.15, 0.2) is 18.2 Å². The highest BCUT2D eigenvalue weighted by Crippen LogP contribution is 2.33. The van der Waals surface area contributed by atoms with E-state index in [0.717, 1.165) is 12.1 Å². The van der Waals surface area contributed by atoms with E-state index in [1.165, 1.54) is 6.07 Å². The third-order valence-electron chi connectivity index (χ3n) is 2.62. The first kappa shape index (κ1) is 14.2. The zero-order valence-corrected chi connectivity index (χ0v) is 10.7. The topological polar surface area (TPSA) is 12.0 Å². The van der Waals surface area contributed by atoms with Crippen LogP contribution in [0.2, 0.25) is 5.02 Å². The molecule has 0 aliphatic rings. The molecule has 1 N–H and O–H groups in total. The van der Waals surface area contributed by atoms with Gasteiger partial charge in [0.25, 0.3) is 0 Å². The predicted octanol–water partition coefficient (Wildman–Crippen LogP) is 4.82. The smallest absolute Gasteiger partial charge is 0.382 e. The number of halogens is 4. The molecule has 1 aromatic rings. The van der Waals surface area contributed by atoms with Gasteiger partial charge >= 0.3 is 6.18 Å². The summed E-state index contributed by atoms with van der Waals surface area (Å²) in [5, 5.41) is 3.09. The van der Waals surface area contributed by atoms with Gasteiger partial charge < -0.3 is 5.32 Å². The Hall–Kier alpha value is -0.900. The second kappa shape index (κ2) is 5.17. The molecule has 1 unspecified atom stereocenters. The molecular formula is C12H15ClF3N. The Kier molecular flexibility index (Phi) is 4.31. The molecular weight excluding hydrogens is 251 g/mol. The largest absolute Gasteiger partial charge is 0.416 e. The highest BCUT2D eigenvalue weighted by molar-refractivity contribution is 6.30. The summed E-state index contributed by atoms with van der Waals surface area (Å²) in [7, 11) is 0. The van der Waals surface area contributed by atoms with E-state index in [1.54, 1.807) is 0 Å². The normalized spacial score (nSPS) is 13.9. The van der Waals surface area contributed by atoms with Crippen LogP contribution >= 0.6 is 11.6 Å². The quantitative estimate of drug-likeness (QED) is 0.827. The average Bonchev–Trinajstić information content (AvgIpc) is 2.15. The number of nitrogens with one attached hydrogen (secondary N) is 1. The van der Waals surface area contributed by atoms with Gasteiger partial charge in [0.05, 0.1) is 5.56 Å². The Bertz CT molecular complexity index is 388. The van der Waals surface area contributed by atoms with Gasteiger partial charge in [-0.25, -0.2) is 0 Å². The molecule has 0 aliphatic carbocycles. The maximum atomic E-state index is 12.6. The SMILES string of the molecule is CC(C)C(C)Nc1cc(Cl)cc(C(F)(F)F)c1. The zero-order valence-electron chi connectivity index (χ0n) is 9.90. The van der Waals surface area contributed by atoms with Crippen LogP contribution < -0.4 is 5.32 Å². The Morgan fingerprint density at radius 1 is 1.12 bits per heavy atom. The molecule has 0 bridgehead atoms. The van der Waals surface area contributed by atoms with Gasteiger partial charge in [0.15, 0.2) is 0 Å². The van der Waals surface area contributed by atoms with Gasteiger partial charge in [-0.15, -0.1) is 0 Å². The molecule has 0 spiro atoms. The van der Waals surface area contributed by atoms with Crippen LogP contribution in [0, 0.1) is 5.92 Å². The van der Waals surface area contributed by atoms with E-state index in [4.69, 9.17) is 11.6 Å². The summed E-state index contributed by atoms with van der Waals surface area (Å²) >= 11 is 5.68. The van der Waals surface area contributed by atoms with E-state index < -0.39 is 11.7 Å². The molecule has 1 rings (SSSR count). The van der Waals surface area contributed by atoms with Crippen molar-refractivity contribution in [3.63, 3.8) is 0 Å². The Morgan fingerprint density at radius 2 is 1.71 bits per heavy atom. The van der Waals surface area contributed by atoms with E-state index in [0.29, 0.717) is 11.6 Å². The third-order valence-corrected chi connectivity index (χ3v) is 2.84. The first-order valence-corrected chi connectivity index (χ1v) is 5.72. The molecule has 5 heteroatoms. The first-order valence-electron chi connectivity index (χ1n) is 5.34. The van der Waals surface area contributed by atoms with Crippen LogP contribution in [0.3, 0.4) is 0 Å². The first-order chi connectivity index (χ1) is 7.70. The molecule has 0 radical (unpaired) electrons. The molecule has 0 fully saturated rings. The summed E-state index contributed by atoms with van der Waals surface area (Å²) in [5.74, 6) is 0.323. The Morgan fingerprint density at radius 3 is 2.18 bits per heavy atom. The number of hydrogen-bond donors (Lipinski definition) is 1. The fourth-order valence-electron chi connectivity index (χ4n) is 1.27. The van der Waals surface area contributed by atoms with Crippen molar-refractivity contribution in [2.75, 3.05) is 5.32 Å². The molecule has 96 valence electrons. The molecule has 0 aliphatic heterocycles. The van der Waals surface area contributed by atoms with Crippen molar-refractivity contribution in [2.45, 2.75) is 33.0 Å². The number of alkyl halides is 3. The number of rotatable bonds is 3. The molecule has 0 aromatic heterocycles. The highest BCUT2D eigenvalue weighted by Gasteiger charge is 2.31. The lowest BCUT2D eigenvalue weighted by molar-refractivity contribution is -0.137. The zero-order chi connectivity index (χ0) is 13.2. The molecule has 0 heterocycles. The van der Waals surface area contributed by atoms with Crippen molar-refractivity contribution >= 4 is 17.3 Å². The second-order valence-corrected chi connectivity index (χ2v) is 4.84. The summed E-state index contributed by atoms with van der Waals surface area (Å²) in [6, 6.07) is 3.57. The lowest BCUT2D eigenvalue weighted by Crippen LogP contribution is -2.21. The fourth-order valence-corrected chi connectivity index (χ4v) is 1.50. The van der Waals surface area contributed by atoms with E-state index >= 15 is 0 Å². The maximum Gasteiger partial charge on any atom is 0.416 e. The van der Waals surface area contributed by atoms with E-state index in [1.807, 2.05) is 20.8 Å². The van der Waals surface area contributed by atoms with Crippen molar-refractivity contribution in [1.82, 2.24) is 0 Å². The van der Waals surface area contributed by atoms with Gasteiger partial charge in [-0.3, -0.25) is 0 Å². The monoisotopic (exact) mass is 265 g/mol. The van der Waals surface area contributed by atoms with Crippen molar-refractivity contribution < 1.29 is 13.2 Å². The summed E-state index contributed by atoms with van der Waals surface area (Å²) in [4.78, 5) is 0. The molecule has 1 nitrogen and oxygen atoms in total. The van der Waals surface area contributed by atoms with Crippen molar-refractivity contribution in [1.29, 1.82) is 0 Å². The summed E-state index contributed by atoms with van der Waals surface area (Å²) in [5.41, 5.74) is -0.338. The van der Waals surface area contributed by atoms with Crippen LogP contribution in [-0.2, 0) is 6.18 Å². The summed E-state index contributed by atoms with van der Waals surface area (Å²) < 4.78 is 37.7. The van der Waals surface area contributed by atoms with Gasteiger partial charge in [-0.05, 0) is 31.0 Å². The van der Waals surface area contributed by atoms with Crippen LogP contribution in [0.1, 0.15) is 26.3 Å². The van der Waals surface area contributed by atoms with Crippen LogP contribution in [0.25, 0.3) is 0 Å². The number of hydrogen-bond acceptors (Lipinski definition) is 1. The molecule has 0 amide bonds. The fraction of sp³-hybridized carbons (Fsp3) is 0.500. The van der Waals surface area contributed by atoms with Crippen LogP contribution in [0.4, 0.5) is 18.9 Å². The molecule has 1 aromatic carbocycles. The van der Waals surface area contributed by atoms with Gasteiger partial charge in [-0.1, -0.05) is 25.4 Å². The van der Waals surface area contributed by atoms with Gasteiger partial charge in [-0.2, -0.15) is 13.2 Å². The van der Waals surface area contributed by atoms with Crippen LogP contribution in [-0.4, -0.2) is 6.04 Å². The molecule has 1 atom stereocenters. The van der Waals surface area contributed by atoms with Gasteiger partial charge in [0.2, 0.25) is 0 Å². The molecule has 17 heavy (non-hydrogen) atoms. The predicted molar refractivity (Wildman–Crippen MR) is 64.4 cm³/mol. The minimum atomic E-state index is -4.37. The minimum Gasteiger partial charge on any atom is -0.382 e. The van der Waals surface area contributed by atoms with E-state index in [2.05, 4.69) is 5.32 Å².